The minimum Gasteiger partial charge on any atom is -0.464 e. The van der Waals surface area contributed by atoms with Gasteiger partial charge in [-0.1, -0.05) is 58.7 Å². The predicted molar refractivity (Wildman–Crippen MR) is 164 cm³/mol. The Morgan fingerprint density at radius 2 is 1.76 bits per heavy atom. The first-order valence-corrected chi connectivity index (χ1v) is 15.0. The Labute approximate surface area is 252 Å². The van der Waals surface area contributed by atoms with Crippen LogP contribution in [0.25, 0.3) is 11.0 Å². The molecule has 0 N–H and O–H groups in total. The second-order valence-electron chi connectivity index (χ2n) is 12.4. The summed E-state index contributed by atoms with van der Waals surface area (Å²) in [5.41, 5.74) is 1.41. The zero-order valence-corrected chi connectivity index (χ0v) is 26.0. The lowest BCUT2D eigenvalue weighted by Gasteiger charge is -2.29. The average molecular weight is 597 g/mol. The van der Waals surface area contributed by atoms with Gasteiger partial charge in [-0.05, 0) is 60.1 Å². The van der Waals surface area contributed by atoms with Crippen LogP contribution in [0.15, 0.2) is 51.9 Å². The monoisotopic (exact) mass is 596 g/mol. The first-order valence-electron chi connectivity index (χ1n) is 14.6. The van der Waals surface area contributed by atoms with Gasteiger partial charge in [-0.3, -0.25) is 14.4 Å². The van der Waals surface area contributed by atoms with Crippen molar-refractivity contribution in [3.8, 4) is 11.5 Å². The Hall–Kier alpha value is -3.52. The molecule has 1 atom stereocenters. The maximum Gasteiger partial charge on any atom is 0.242 e. The minimum atomic E-state index is -0.258. The van der Waals surface area contributed by atoms with Crippen LogP contribution >= 0.6 is 11.6 Å². The molecule has 1 aliphatic heterocycles. The molecule has 226 valence electrons. The third kappa shape index (κ3) is 8.28. The third-order valence-electron chi connectivity index (χ3n) is 7.27. The van der Waals surface area contributed by atoms with Crippen molar-refractivity contribution in [1.82, 2.24) is 9.80 Å². The van der Waals surface area contributed by atoms with E-state index in [1.54, 1.807) is 34.1 Å². The maximum atomic E-state index is 13.9. The lowest BCUT2D eigenvalue weighted by Crippen LogP contribution is -2.43. The number of rotatable bonds is 12. The molecule has 0 saturated heterocycles. The topological polar surface area (TPSA) is 89.3 Å². The number of carbonyl (C=O) groups excluding carboxylic acids is 2. The fraction of sp³-hybridized carbons (Fsp3) is 0.485. The second-order valence-corrected chi connectivity index (χ2v) is 12.8. The Bertz CT molecular complexity index is 1480. The van der Waals surface area contributed by atoms with Crippen molar-refractivity contribution in [3.63, 3.8) is 0 Å². The van der Waals surface area contributed by atoms with E-state index in [1.807, 2.05) is 12.1 Å². The largest absolute Gasteiger partial charge is 0.464 e. The number of ether oxygens (including phenoxy) is 2. The highest BCUT2D eigenvalue weighted by atomic mass is 35.5. The number of benzene rings is 2. The van der Waals surface area contributed by atoms with E-state index in [2.05, 4.69) is 34.6 Å². The van der Waals surface area contributed by atoms with Crippen molar-refractivity contribution in [2.45, 2.75) is 73.4 Å². The van der Waals surface area contributed by atoms with E-state index < -0.39 is 0 Å². The molecule has 0 fully saturated rings. The van der Waals surface area contributed by atoms with Crippen LogP contribution in [0.4, 0.5) is 0 Å². The molecule has 8 nitrogen and oxygen atoms in total. The summed E-state index contributed by atoms with van der Waals surface area (Å²) in [4.78, 5) is 44.0. The van der Waals surface area contributed by atoms with Gasteiger partial charge in [0.2, 0.25) is 18.6 Å². The lowest BCUT2D eigenvalue weighted by molar-refractivity contribution is -0.142. The molecule has 1 unspecified atom stereocenters. The van der Waals surface area contributed by atoms with Gasteiger partial charge in [-0.15, -0.1) is 0 Å². The standard InChI is InChI=1S/C33H41ClN2O6/c1-6-7-12-35(30(37)13-22(2)16-33(3,4)5)19-31(38)36(17-23-8-10-28-29(14-23)42-21-41-28)18-24-20-40-27-11-9-25(34)15-26(27)32(24)39/h8-11,14-15,20,22H,6-7,12-13,16-19,21H2,1-5H3. The summed E-state index contributed by atoms with van der Waals surface area (Å²) in [7, 11) is 0. The van der Waals surface area contributed by atoms with Gasteiger partial charge in [0.05, 0.1) is 30.3 Å². The van der Waals surface area contributed by atoms with Crippen molar-refractivity contribution >= 4 is 34.4 Å². The van der Waals surface area contributed by atoms with Gasteiger partial charge >= 0.3 is 0 Å². The molecule has 1 aromatic heterocycles. The highest BCUT2D eigenvalue weighted by Crippen LogP contribution is 2.33. The molecule has 42 heavy (non-hydrogen) atoms. The van der Waals surface area contributed by atoms with Gasteiger partial charge in [-0.2, -0.15) is 0 Å². The lowest BCUT2D eigenvalue weighted by atomic mass is 9.84. The molecule has 0 saturated carbocycles. The molecular formula is C33H41ClN2O6. The summed E-state index contributed by atoms with van der Waals surface area (Å²) in [5.74, 6) is 1.15. The van der Waals surface area contributed by atoms with Gasteiger partial charge < -0.3 is 23.7 Å². The quantitative estimate of drug-likeness (QED) is 0.229. The molecule has 0 aliphatic carbocycles. The SMILES string of the molecule is CCCCN(CC(=O)N(Cc1ccc2c(c1)OCO2)Cc1coc2ccc(Cl)cc2c1=O)C(=O)CC(C)CC(C)(C)C. The van der Waals surface area contributed by atoms with Gasteiger partial charge in [-0.25, -0.2) is 0 Å². The fourth-order valence-electron chi connectivity index (χ4n) is 5.40. The number of nitrogens with zero attached hydrogens (tertiary/aromatic N) is 2. The summed E-state index contributed by atoms with van der Waals surface area (Å²) < 4.78 is 16.7. The summed E-state index contributed by atoms with van der Waals surface area (Å²) in [5, 5.41) is 0.772. The van der Waals surface area contributed by atoms with Crippen LogP contribution in [0.2, 0.25) is 5.02 Å². The number of carbonyl (C=O) groups is 2. The van der Waals surface area contributed by atoms with Crippen molar-refractivity contribution in [1.29, 1.82) is 0 Å². The van der Waals surface area contributed by atoms with Crippen LogP contribution in [0, 0.1) is 11.3 Å². The zero-order valence-electron chi connectivity index (χ0n) is 25.2. The van der Waals surface area contributed by atoms with Crippen molar-refractivity contribution in [3.05, 3.63) is 69.0 Å². The number of unbranched alkanes of at least 4 members (excludes halogenated alkanes) is 1. The van der Waals surface area contributed by atoms with Crippen LogP contribution < -0.4 is 14.9 Å². The summed E-state index contributed by atoms with van der Waals surface area (Å²) in [6.07, 6.45) is 4.38. The normalized spacial score (nSPS) is 13.3. The number of hydrogen-bond donors (Lipinski definition) is 0. The third-order valence-corrected chi connectivity index (χ3v) is 7.51. The van der Waals surface area contributed by atoms with E-state index >= 15 is 0 Å². The first kappa shape index (κ1) is 31.4. The fourth-order valence-corrected chi connectivity index (χ4v) is 5.57. The van der Waals surface area contributed by atoms with E-state index in [0.717, 1.165) is 24.8 Å². The molecular weight excluding hydrogens is 556 g/mol. The smallest absolute Gasteiger partial charge is 0.242 e. The van der Waals surface area contributed by atoms with Crippen LogP contribution in [0.3, 0.4) is 0 Å². The van der Waals surface area contributed by atoms with Crippen LogP contribution in [0.1, 0.15) is 71.4 Å². The van der Waals surface area contributed by atoms with E-state index in [9.17, 15) is 14.4 Å². The number of halogens is 1. The molecule has 2 heterocycles. The number of hydrogen-bond acceptors (Lipinski definition) is 6. The van der Waals surface area contributed by atoms with E-state index in [1.165, 1.54) is 6.26 Å². The molecule has 0 spiro atoms. The molecule has 0 radical (unpaired) electrons. The molecule has 1 aliphatic rings. The Balaban J connectivity index is 1.60. The number of amides is 2. The van der Waals surface area contributed by atoms with Crippen LogP contribution in [-0.2, 0) is 22.7 Å². The average Bonchev–Trinajstić information content (AvgIpc) is 3.39. The van der Waals surface area contributed by atoms with Crippen LogP contribution in [-0.4, -0.2) is 41.5 Å². The Kier molecular flexibility index (Phi) is 10.2. The molecule has 9 heteroatoms. The summed E-state index contributed by atoms with van der Waals surface area (Å²) in [6.45, 7) is 11.4. The van der Waals surface area contributed by atoms with E-state index in [0.29, 0.717) is 46.0 Å². The highest BCUT2D eigenvalue weighted by molar-refractivity contribution is 6.31. The highest BCUT2D eigenvalue weighted by Gasteiger charge is 2.26. The predicted octanol–water partition coefficient (Wildman–Crippen LogP) is 6.80. The maximum absolute atomic E-state index is 13.9. The van der Waals surface area contributed by atoms with Gasteiger partial charge in [0.15, 0.2) is 16.9 Å². The van der Waals surface area contributed by atoms with Crippen molar-refractivity contribution in [2.24, 2.45) is 11.3 Å². The Morgan fingerprint density at radius 1 is 1.00 bits per heavy atom. The molecule has 2 amide bonds. The Morgan fingerprint density at radius 3 is 2.50 bits per heavy atom. The van der Waals surface area contributed by atoms with Gasteiger partial charge in [0.1, 0.15) is 5.58 Å². The van der Waals surface area contributed by atoms with Crippen molar-refractivity contribution in [2.75, 3.05) is 19.9 Å². The van der Waals surface area contributed by atoms with Gasteiger partial charge in [0.25, 0.3) is 0 Å². The first-order chi connectivity index (χ1) is 19.9. The zero-order chi connectivity index (χ0) is 30.4. The molecule has 3 aromatic rings. The summed E-state index contributed by atoms with van der Waals surface area (Å²) in [6, 6.07) is 10.4. The second kappa shape index (κ2) is 13.6. The van der Waals surface area contributed by atoms with E-state index in [4.69, 9.17) is 25.5 Å². The number of fused-ring (bicyclic) bond motifs is 2. The molecule has 2 aromatic carbocycles. The van der Waals surface area contributed by atoms with Crippen LogP contribution in [0.5, 0.6) is 11.5 Å². The van der Waals surface area contributed by atoms with Gasteiger partial charge in [0, 0.05) is 24.5 Å². The summed E-state index contributed by atoms with van der Waals surface area (Å²) >= 11 is 6.15. The minimum absolute atomic E-state index is 0.00823. The molecule has 4 rings (SSSR count). The van der Waals surface area contributed by atoms with E-state index in [-0.39, 0.29) is 55.0 Å². The molecule has 0 bridgehead atoms. The van der Waals surface area contributed by atoms with Crippen molar-refractivity contribution < 1.29 is 23.5 Å².